The molecule has 1 heterocycles. The lowest BCUT2D eigenvalue weighted by Crippen LogP contribution is -2.24. The Morgan fingerprint density at radius 3 is 2.83 bits per heavy atom. The third-order valence-corrected chi connectivity index (χ3v) is 2.62. The lowest BCUT2D eigenvalue weighted by Gasteiger charge is -2.04. The van der Waals surface area contributed by atoms with Crippen molar-refractivity contribution in [1.29, 1.82) is 0 Å². The fourth-order valence-corrected chi connectivity index (χ4v) is 1.62. The number of H-pyrrole nitrogens is 1. The molecule has 0 saturated carbocycles. The molecule has 0 atom stereocenters. The standard InChI is InChI=1S/C12H22N4O.ClH/c1-2-3-4-5-8-14-11(17)7-6-10-9-15-12(13)16-10;/h9H,2-8H2,1H3,(H,14,17)(H3,13,15,16);1H. The first-order valence-electron chi connectivity index (χ1n) is 6.28. The Morgan fingerprint density at radius 1 is 1.44 bits per heavy atom. The predicted octanol–water partition coefficient (Wildman–Crippen LogP) is 2.04. The third kappa shape index (κ3) is 7.17. The monoisotopic (exact) mass is 274 g/mol. The first kappa shape index (κ1) is 16.8. The van der Waals surface area contributed by atoms with Crippen LogP contribution in [0.15, 0.2) is 6.20 Å². The van der Waals surface area contributed by atoms with Gasteiger partial charge in [-0.15, -0.1) is 12.4 Å². The van der Waals surface area contributed by atoms with Crippen LogP contribution >= 0.6 is 12.4 Å². The molecule has 0 bridgehead atoms. The molecule has 0 aliphatic carbocycles. The van der Waals surface area contributed by atoms with E-state index in [2.05, 4.69) is 22.2 Å². The number of aryl methyl sites for hydroxylation is 1. The van der Waals surface area contributed by atoms with Crippen LogP contribution in [0.25, 0.3) is 0 Å². The summed E-state index contributed by atoms with van der Waals surface area (Å²) < 4.78 is 0. The molecule has 0 radical (unpaired) electrons. The molecule has 0 saturated heterocycles. The molecular formula is C12H23ClN4O. The summed E-state index contributed by atoms with van der Waals surface area (Å²) in [5.41, 5.74) is 6.35. The Hall–Kier alpha value is -1.23. The van der Waals surface area contributed by atoms with E-state index in [-0.39, 0.29) is 18.3 Å². The molecule has 1 rings (SSSR count). The van der Waals surface area contributed by atoms with E-state index in [1.807, 2.05) is 0 Å². The van der Waals surface area contributed by atoms with Crippen LogP contribution in [-0.4, -0.2) is 22.4 Å². The Balaban J connectivity index is 0.00000289. The van der Waals surface area contributed by atoms with Gasteiger partial charge in [-0.1, -0.05) is 26.2 Å². The maximum Gasteiger partial charge on any atom is 0.220 e. The van der Waals surface area contributed by atoms with Gasteiger partial charge in [0, 0.05) is 18.7 Å². The van der Waals surface area contributed by atoms with Crippen LogP contribution in [0.4, 0.5) is 5.95 Å². The maximum absolute atomic E-state index is 11.5. The first-order chi connectivity index (χ1) is 8.22. The molecule has 104 valence electrons. The van der Waals surface area contributed by atoms with Crippen LogP contribution in [0.3, 0.4) is 0 Å². The number of aromatic nitrogens is 2. The van der Waals surface area contributed by atoms with Crippen molar-refractivity contribution in [2.75, 3.05) is 12.3 Å². The van der Waals surface area contributed by atoms with E-state index in [4.69, 9.17) is 5.73 Å². The van der Waals surface area contributed by atoms with Gasteiger partial charge in [0.25, 0.3) is 0 Å². The van der Waals surface area contributed by atoms with E-state index < -0.39 is 0 Å². The maximum atomic E-state index is 11.5. The van der Waals surface area contributed by atoms with Crippen molar-refractivity contribution in [3.63, 3.8) is 0 Å². The van der Waals surface area contributed by atoms with Crippen molar-refractivity contribution in [3.05, 3.63) is 11.9 Å². The number of nitrogens with two attached hydrogens (primary N) is 1. The largest absolute Gasteiger partial charge is 0.369 e. The summed E-state index contributed by atoms with van der Waals surface area (Å²) in [6.45, 7) is 2.96. The smallest absolute Gasteiger partial charge is 0.220 e. The molecule has 18 heavy (non-hydrogen) atoms. The van der Waals surface area contributed by atoms with E-state index in [1.165, 1.54) is 19.3 Å². The van der Waals surface area contributed by atoms with Crippen molar-refractivity contribution >= 4 is 24.3 Å². The zero-order valence-electron chi connectivity index (χ0n) is 10.9. The van der Waals surface area contributed by atoms with Crippen LogP contribution < -0.4 is 11.1 Å². The van der Waals surface area contributed by atoms with E-state index in [0.29, 0.717) is 18.8 Å². The van der Waals surface area contributed by atoms with Gasteiger partial charge >= 0.3 is 0 Å². The van der Waals surface area contributed by atoms with E-state index in [9.17, 15) is 4.79 Å². The number of nitrogens with one attached hydrogen (secondary N) is 2. The van der Waals surface area contributed by atoms with Gasteiger partial charge in [0.1, 0.15) is 0 Å². The van der Waals surface area contributed by atoms with Gasteiger partial charge in [-0.3, -0.25) is 4.79 Å². The van der Waals surface area contributed by atoms with Crippen LogP contribution in [-0.2, 0) is 11.2 Å². The highest BCUT2D eigenvalue weighted by Gasteiger charge is 2.03. The van der Waals surface area contributed by atoms with Gasteiger partial charge in [0.2, 0.25) is 5.91 Å². The van der Waals surface area contributed by atoms with Crippen LogP contribution in [0.2, 0.25) is 0 Å². The van der Waals surface area contributed by atoms with Crippen molar-refractivity contribution in [3.8, 4) is 0 Å². The molecule has 0 fully saturated rings. The lowest BCUT2D eigenvalue weighted by molar-refractivity contribution is -0.121. The second-order valence-electron chi connectivity index (χ2n) is 4.20. The van der Waals surface area contributed by atoms with Gasteiger partial charge in [-0.25, -0.2) is 4.98 Å². The Labute approximate surface area is 114 Å². The minimum Gasteiger partial charge on any atom is -0.369 e. The number of hydrogen-bond acceptors (Lipinski definition) is 3. The molecule has 0 aromatic carbocycles. The number of carbonyl (C=O) groups is 1. The summed E-state index contributed by atoms with van der Waals surface area (Å²) >= 11 is 0. The van der Waals surface area contributed by atoms with E-state index >= 15 is 0 Å². The van der Waals surface area contributed by atoms with Gasteiger partial charge in [0.15, 0.2) is 5.95 Å². The quantitative estimate of drug-likeness (QED) is 0.634. The fourth-order valence-electron chi connectivity index (χ4n) is 1.62. The third-order valence-electron chi connectivity index (χ3n) is 2.62. The van der Waals surface area contributed by atoms with Crippen LogP contribution in [0.1, 0.15) is 44.7 Å². The number of unbranched alkanes of at least 4 members (excludes halogenated alkanes) is 3. The molecule has 4 N–H and O–H groups in total. The Kier molecular flexibility index (Phi) is 9.10. The number of carbonyl (C=O) groups excluding carboxylic acids is 1. The van der Waals surface area contributed by atoms with Crippen molar-refractivity contribution in [2.24, 2.45) is 0 Å². The van der Waals surface area contributed by atoms with Gasteiger partial charge in [-0.05, 0) is 12.8 Å². The molecule has 0 spiro atoms. The molecule has 0 unspecified atom stereocenters. The summed E-state index contributed by atoms with van der Waals surface area (Å²) in [5, 5.41) is 2.91. The summed E-state index contributed by atoms with van der Waals surface area (Å²) in [7, 11) is 0. The predicted molar refractivity (Wildman–Crippen MR) is 75.7 cm³/mol. The number of imidazole rings is 1. The van der Waals surface area contributed by atoms with Gasteiger partial charge in [-0.2, -0.15) is 0 Å². The minimum absolute atomic E-state index is 0. The van der Waals surface area contributed by atoms with Crippen molar-refractivity contribution in [2.45, 2.75) is 45.4 Å². The summed E-state index contributed by atoms with van der Waals surface area (Å²) in [4.78, 5) is 18.3. The molecule has 0 aliphatic rings. The number of nitrogen functional groups attached to an aromatic ring is 1. The number of amides is 1. The number of aromatic amines is 1. The van der Waals surface area contributed by atoms with Gasteiger partial charge in [0.05, 0.1) is 6.20 Å². The molecular weight excluding hydrogens is 252 g/mol. The second kappa shape index (κ2) is 9.76. The Bertz CT molecular complexity index is 341. The highest BCUT2D eigenvalue weighted by atomic mass is 35.5. The molecule has 1 aromatic heterocycles. The molecule has 0 aliphatic heterocycles. The SMILES string of the molecule is CCCCCCNC(=O)CCc1cnc(N)[nH]1.Cl. The number of rotatable bonds is 8. The molecule has 1 amide bonds. The summed E-state index contributed by atoms with van der Waals surface area (Å²) in [5.74, 6) is 0.495. The zero-order chi connectivity index (χ0) is 12.5. The average Bonchev–Trinajstić information content (AvgIpc) is 2.72. The number of anilines is 1. The zero-order valence-corrected chi connectivity index (χ0v) is 11.7. The normalized spacial score (nSPS) is 9.83. The number of halogens is 1. The van der Waals surface area contributed by atoms with Gasteiger partial charge < -0.3 is 16.0 Å². The number of nitrogens with zero attached hydrogens (tertiary/aromatic N) is 1. The number of hydrogen-bond donors (Lipinski definition) is 3. The van der Waals surface area contributed by atoms with Crippen molar-refractivity contribution in [1.82, 2.24) is 15.3 Å². The molecule has 1 aromatic rings. The first-order valence-corrected chi connectivity index (χ1v) is 6.28. The molecule has 6 heteroatoms. The van der Waals surface area contributed by atoms with E-state index in [1.54, 1.807) is 6.20 Å². The average molecular weight is 275 g/mol. The van der Waals surface area contributed by atoms with Crippen LogP contribution in [0, 0.1) is 0 Å². The summed E-state index contributed by atoms with van der Waals surface area (Å²) in [6, 6.07) is 0. The lowest BCUT2D eigenvalue weighted by atomic mass is 10.2. The highest BCUT2D eigenvalue weighted by molar-refractivity contribution is 5.85. The highest BCUT2D eigenvalue weighted by Crippen LogP contribution is 2.01. The molecule has 5 nitrogen and oxygen atoms in total. The second-order valence-corrected chi connectivity index (χ2v) is 4.20. The van der Waals surface area contributed by atoms with E-state index in [0.717, 1.165) is 18.7 Å². The topological polar surface area (TPSA) is 83.8 Å². The fraction of sp³-hybridized carbons (Fsp3) is 0.667. The van der Waals surface area contributed by atoms with Crippen LogP contribution in [0.5, 0.6) is 0 Å². The summed E-state index contributed by atoms with van der Waals surface area (Å²) in [6.07, 6.45) is 7.52. The van der Waals surface area contributed by atoms with Crippen molar-refractivity contribution < 1.29 is 4.79 Å². The Morgan fingerprint density at radius 2 is 2.22 bits per heavy atom. The minimum atomic E-state index is 0.